The van der Waals surface area contributed by atoms with E-state index in [1.54, 1.807) is 0 Å². The van der Waals surface area contributed by atoms with Crippen LogP contribution in [0, 0.1) is 11.8 Å². The maximum atomic E-state index is 12.3. The van der Waals surface area contributed by atoms with Gasteiger partial charge in [-0.25, -0.2) is 0 Å². The van der Waals surface area contributed by atoms with Gasteiger partial charge in [0.05, 0.1) is 18.8 Å². The molecule has 220 valence electrons. The summed E-state index contributed by atoms with van der Waals surface area (Å²) in [6.45, 7) is 1.55. The van der Waals surface area contributed by atoms with Crippen LogP contribution in [0.25, 0.3) is 0 Å². The Balaban J connectivity index is 1.68. The number of hydrogen-bond donors (Lipinski definition) is 6. The Morgan fingerprint density at radius 1 is 0.842 bits per heavy atom. The second-order valence-corrected chi connectivity index (χ2v) is 10.7. The van der Waals surface area contributed by atoms with Crippen LogP contribution in [-0.4, -0.2) is 91.9 Å². The predicted molar refractivity (Wildman–Crippen MR) is 139 cm³/mol. The number of ether oxygens (including phenoxy) is 2. The molecule has 1 heterocycles. The fraction of sp³-hybridized carbons (Fsp3) is 0.857. The first-order chi connectivity index (χ1) is 18.2. The quantitative estimate of drug-likeness (QED) is 0.0895. The Labute approximate surface area is 225 Å². The van der Waals surface area contributed by atoms with E-state index in [2.05, 4.69) is 6.92 Å². The SMILES string of the molecule is CCCCCCCC(=O)CC[C@@H]1[C@@H](C/C=C\CCCC(=O)OC2O[C@H](CO)[C@@H](O)[C@H](O)[C@H]2O)[C@@H](O)C[C@H]1O. The van der Waals surface area contributed by atoms with E-state index in [4.69, 9.17) is 9.47 Å². The summed E-state index contributed by atoms with van der Waals surface area (Å²) in [5.41, 5.74) is 0. The van der Waals surface area contributed by atoms with Crippen LogP contribution < -0.4 is 0 Å². The maximum Gasteiger partial charge on any atom is 0.308 e. The average molecular weight is 545 g/mol. The summed E-state index contributed by atoms with van der Waals surface area (Å²) in [6, 6.07) is 0. The van der Waals surface area contributed by atoms with Crippen molar-refractivity contribution in [3.05, 3.63) is 12.2 Å². The minimum atomic E-state index is -1.63. The number of aliphatic hydroxyl groups excluding tert-OH is 6. The van der Waals surface area contributed by atoms with Gasteiger partial charge in [0.15, 0.2) is 0 Å². The van der Waals surface area contributed by atoms with Gasteiger partial charge in [0, 0.05) is 19.3 Å². The Morgan fingerprint density at radius 3 is 2.26 bits per heavy atom. The average Bonchev–Trinajstić information content (AvgIpc) is 3.16. The van der Waals surface area contributed by atoms with Crippen LogP contribution in [0.1, 0.15) is 90.4 Å². The van der Waals surface area contributed by atoms with Crippen molar-refractivity contribution in [2.75, 3.05) is 6.61 Å². The molecule has 2 aliphatic rings. The topological polar surface area (TPSA) is 174 Å². The van der Waals surface area contributed by atoms with E-state index in [1.807, 2.05) is 12.2 Å². The zero-order valence-electron chi connectivity index (χ0n) is 22.6. The van der Waals surface area contributed by atoms with Crippen molar-refractivity contribution in [1.29, 1.82) is 0 Å². The third-order valence-electron chi connectivity index (χ3n) is 7.76. The van der Waals surface area contributed by atoms with Gasteiger partial charge in [-0.15, -0.1) is 0 Å². The number of allylic oxidation sites excluding steroid dienone is 2. The van der Waals surface area contributed by atoms with Gasteiger partial charge in [0.25, 0.3) is 0 Å². The van der Waals surface area contributed by atoms with E-state index in [9.17, 15) is 40.2 Å². The van der Waals surface area contributed by atoms with Crippen LogP contribution in [0.5, 0.6) is 0 Å². The smallest absolute Gasteiger partial charge is 0.308 e. The molecular weight excluding hydrogens is 496 g/mol. The van der Waals surface area contributed by atoms with E-state index in [0.717, 1.165) is 19.3 Å². The largest absolute Gasteiger partial charge is 0.433 e. The van der Waals surface area contributed by atoms with Gasteiger partial charge in [-0.05, 0) is 50.4 Å². The molecule has 9 atom stereocenters. The molecule has 6 N–H and O–H groups in total. The monoisotopic (exact) mass is 544 g/mol. The van der Waals surface area contributed by atoms with Crippen LogP contribution in [0.15, 0.2) is 12.2 Å². The molecule has 1 aliphatic carbocycles. The van der Waals surface area contributed by atoms with Crippen LogP contribution in [0.4, 0.5) is 0 Å². The van der Waals surface area contributed by atoms with Gasteiger partial charge in [0.1, 0.15) is 30.2 Å². The molecule has 38 heavy (non-hydrogen) atoms. The summed E-state index contributed by atoms with van der Waals surface area (Å²) in [6.07, 6.45) is 4.28. The molecule has 0 bridgehead atoms. The third kappa shape index (κ3) is 10.3. The van der Waals surface area contributed by atoms with E-state index in [0.29, 0.717) is 44.9 Å². The summed E-state index contributed by atoms with van der Waals surface area (Å²) in [4.78, 5) is 24.4. The highest BCUT2D eigenvalue weighted by atomic mass is 16.7. The first kappa shape index (κ1) is 32.8. The molecule has 2 fully saturated rings. The molecule has 1 saturated heterocycles. The molecule has 0 amide bonds. The fourth-order valence-corrected chi connectivity index (χ4v) is 5.37. The van der Waals surface area contributed by atoms with Crippen molar-refractivity contribution in [3.8, 4) is 0 Å². The molecule has 1 saturated carbocycles. The van der Waals surface area contributed by atoms with Gasteiger partial charge >= 0.3 is 5.97 Å². The number of hydrogen-bond acceptors (Lipinski definition) is 10. The van der Waals surface area contributed by atoms with Crippen LogP contribution in [-0.2, 0) is 19.1 Å². The first-order valence-corrected chi connectivity index (χ1v) is 14.2. The zero-order valence-corrected chi connectivity index (χ0v) is 22.6. The Bertz CT molecular complexity index is 726. The van der Waals surface area contributed by atoms with Crippen LogP contribution >= 0.6 is 0 Å². The number of carbonyl (C=O) groups is 2. The summed E-state index contributed by atoms with van der Waals surface area (Å²) in [7, 11) is 0. The third-order valence-corrected chi connectivity index (χ3v) is 7.76. The Morgan fingerprint density at radius 2 is 1.55 bits per heavy atom. The molecular formula is C28H48O10. The van der Waals surface area contributed by atoms with Crippen molar-refractivity contribution in [2.24, 2.45) is 11.8 Å². The number of ketones is 1. The highest BCUT2D eigenvalue weighted by molar-refractivity contribution is 5.78. The zero-order chi connectivity index (χ0) is 28.1. The molecule has 1 aliphatic heterocycles. The number of aliphatic hydroxyl groups is 6. The Hall–Kier alpha value is -1.40. The molecule has 10 nitrogen and oxygen atoms in total. The molecule has 0 aromatic heterocycles. The van der Waals surface area contributed by atoms with E-state index in [-0.39, 0.29) is 24.0 Å². The van der Waals surface area contributed by atoms with Gasteiger partial charge in [0.2, 0.25) is 6.29 Å². The second-order valence-electron chi connectivity index (χ2n) is 10.7. The lowest BCUT2D eigenvalue weighted by molar-refractivity contribution is -0.292. The first-order valence-electron chi connectivity index (χ1n) is 14.2. The minimum Gasteiger partial charge on any atom is -0.433 e. The fourth-order valence-electron chi connectivity index (χ4n) is 5.37. The lowest BCUT2D eigenvalue weighted by Crippen LogP contribution is -2.59. The highest BCUT2D eigenvalue weighted by Gasteiger charge is 2.45. The van der Waals surface area contributed by atoms with E-state index in [1.165, 1.54) is 12.8 Å². The second kappa shape index (κ2) is 17.3. The van der Waals surface area contributed by atoms with Crippen LogP contribution in [0.3, 0.4) is 0 Å². The van der Waals surface area contributed by atoms with Crippen LogP contribution in [0.2, 0.25) is 0 Å². The van der Waals surface area contributed by atoms with E-state index >= 15 is 0 Å². The Kier molecular flexibility index (Phi) is 15.0. The molecule has 1 unspecified atom stereocenters. The number of carbonyl (C=O) groups excluding carboxylic acids is 2. The van der Waals surface area contributed by atoms with Gasteiger partial charge in [-0.2, -0.15) is 0 Å². The van der Waals surface area contributed by atoms with Crippen molar-refractivity contribution >= 4 is 11.8 Å². The standard InChI is InChI=1S/C28H48O10/c1-2-3-4-5-8-11-18(30)14-15-20-19(21(31)16-22(20)32)12-9-6-7-10-13-24(33)38-28-27(36)26(35)25(34)23(17-29)37-28/h6,9,19-23,25-29,31-32,34-36H,2-5,7-8,10-17H2,1H3/b9-6-/t19-,20-,21+,22-,23-,25-,26+,27-,28?/m1/s1. The number of rotatable bonds is 17. The molecule has 2 rings (SSSR count). The van der Waals surface area contributed by atoms with Crippen molar-refractivity contribution in [3.63, 3.8) is 0 Å². The maximum absolute atomic E-state index is 12.3. The molecule has 0 radical (unpaired) electrons. The summed E-state index contributed by atoms with van der Waals surface area (Å²) < 4.78 is 10.2. The molecule has 0 aromatic carbocycles. The summed E-state index contributed by atoms with van der Waals surface area (Å²) in [5.74, 6) is -0.658. The number of esters is 1. The molecule has 0 spiro atoms. The number of Topliss-reactive ketones (excluding diaryl/α,β-unsaturated/α-hetero) is 1. The summed E-state index contributed by atoms with van der Waals surface area (Å²) >= 11 is 0. The normalized spacial score (nSPS) is 33.6. The summed E-state index contributed by atoms with van der Waals surface area (Å²) in [5, 5.41) is 59.6. The van der Waals surface area contributed by atoms with E-state index < -0.39 is 55.5 Å². The molecule has 10 heteroatoms. The van der Waals surface area contributed by atoms with Crippen molar-refractivity contribution < 1.29 is 49.7 Å². The van der Waals surface area contributed by atoms with Gasteiger partial charge in [-0.3, -0.25) is 9.59 Å². The van der Waals surface area contributed by atoms with Crippen molar-refractivity contribution in [2.45, 2.75) is 133 Å². The van der Waals surface area contributed by atoms with Gasteiger partial charge in [-0.1, -0.05) is 44.8 Å². The highest BCUT2D eigenvalue weighted by Crippen LogP contribution is 2.38. The number of unbranched alkanes of at least 4 members (excludes halogenated alkanes) is 5. The minimum absolute atomic E-state index is 0.0350. The van der Waals surface area contributed by atoms with Crippen molar-refractivity contribution in [1.82, 2.24) is 0 Å². The lowest BCUT2D eigenvalue weighted by Gasteiger charge is -2.39. The predicted octanol–water partition coefficient (Wildman–Crippen LogP) is 1.51. The lowest BCUT2D eigenvalue weighted by atomic mass is 9.86. The van der Waals surface area contributed by atoms with Gasteiger partial charge < -0.3 is 40.1 Å². The molecule has 0 aromatic rings.